The Kier molecular flexibility index (Phi) is 7.13. The summed E-state index contributed by atoms with van der Waals surface area (Å²) in [5, 5.41) is 2.34. The molecule has 1 fully saturated rings. The average Bonchev–Trinajstić information content (AvgIpc) is 2.77. The number of benzene rings is 1. The molecule has 0 saturated carbocycles. The van der Waals surface area contributed by atoms with Crippen molar-refractivity contribution in [3.8, 4) is 0 Å². The highest BCUT2D eigenvalue weighted by Crippen LogP contribution is 2.31. The molecule has 0 unspecified atom stereocenters. The van der Waals surface area contributed by atoms with Gasteiger partial charge in [-0.3, -0.25) is 9.59 Å². The van der Waals surface area contributed by atoms with Crippen LogP contribution >= 0.6 is 0 Å². The highest BCUT2D eigenvalue weighted by molar-refractivity contribution is 5.92. The van der Waals surface area contributed by atoms with Gasteiger partial charge in [-0.05, 0) is 49.2 Å². The van der Waals surface area contributed by atoms with Crippen LogP contribution in [-0.2, 0) is 26.7 Å². The summed E-state index contributed by atoms with van der Waals surface area (Å²) in [4.78, 5) is 29.7. The van der Waals surface area contributed by atoms with Gasteiger partial charge in [0.15, 0.2) is 6.61 Å². The van der Waals surface area contributed by atoms with Gasteiger partial charge in [-0.1, -0.05) is 0 Å². The maximum absolute atomic E-state index is 12.6. The van der Waals surface area contributed by atoms with Gasteiger partial charge in [-0.15, -0.1) is 0 Å². The van der Waals surface area contributed by atoms with E-state index in [0.717, 1.165) is 36.5 Å². The monoisotopic (exact) mass is 475 g/mol. The first kappa shape index (κ1) is 24.3. The van der Waals surface area contributed by atoms with Crippen molar-refractivity contribution in [1.29, 1.82) is 0 Å². The van der Waals surface area contributed by atoms with Crippen LogP contribution in [0, 0.1) is 5.92 Å². The Morgan fingerprint density at radius 3 is 2.03 bits per heavy atom. The number of nitrogens with zero attached hydrogens (tertiary/aromatic N) is 2. The van der Waals surface area contributed by atoms with E-state index in [4.69, 9.17) is 4.74 Å². The molecule has 2 heterocycles. The number of amides is 1. The molecule has 1 saturated heterocycles. The summed E-state index contributed by atoms with van der Waals surface area (Å²) in [6, 6.07) is 6.04. The van der Waals surface area contributed by atoms with Crippen LogP contribution in [0.5, 0.6) is 0 Å². The molecule has 0 radical (unpaired) electrons. The van der Waals surface area contributed by atoms with E-state index in [-0.39, 0.29) is 5.69 Å². The van der Waals surface area contributed by atoms with Gasteiger partial charge in [0.2, 0.25) is 0 Å². The van der Waals surface area contributed by atoms with Crippen molar-refractivity contribution in [2.75, 3.05) is 29.9 Å². The number of hydrogen-bond acceptors (Lipinski definition) is 5. The van der Waals surface area contributed by atoms with Crippen LogP contribution in [0.25, 0.3) is 0 Å². The third kappa shape index (κ3) is 6.59. The molecule has 1 aliphatic rings. The lowest BCUT2D eigenvalue weighted by atomic mass is 9.97. The normalized spacial score (nSPS) is 15.3. The van der Waals surface area contributed by atoms with E-state index in [0.29, 0.717) is 31.7 Å². The Bertz CT molecular complexity index is 967. The zero-order valence-corrected chi connectivity index (χ0v) is 17.0. The Balaban J connectivity index is 1.43. The molecule has 1 aromatic heterocycles. The molecule has 1 aliphatic heterocycles. The number of piperidine rings is 1. The average molecular weight is 475 g/mol. The lowest BCUT2D eigenvalue weighted by Crippen LogP contribution is -2.38. The van der Waals surface area contributed by atoms with Crippen molar-refractivity contribution in [2.45, 2.75) is 25.2 Å². The molecule has 0 atom stereocenters. The summed E-state index contributed by atoms with van der Waals surface area (Å²) in [6.07, 6.45) is -7.48. The van der Waals surface area contributed by atoms with E-state index in [1.165, 1.54) is 6.07 Å². The van der Waals surface area contributed by atoms with Gasteiger partial charge >= 0.3 is 18.3 Å². The number of nitrogens with one attached hydrogen (secondary N) is 1. The number of anilines is 2. The van der Waals surface area contributed by atoms with Gasteiger partial charge in [0.1, 0.15) is 5.82 Å². The first-order chi connectivity index (χ1) is 15.4. The van der Waals surface area contributed by atoms with Crippen LogP contribution in [-0.4, -0.2) is 36.6 Å². The fraction of sp³-hybridized carbons (Fsp3) is 0.381. The minimum atomic E-state index is -4.49. The quantitative estimate of drug-likeness (QED) is 0.509. The van der Waals surface area contributed by atoms with E-state index in [9.17, 15) is 35.9 Å². The molecular formula is C21H19F6N3O3. The van der Waals surface area contributed by atoms with Gasteiger partial charge in [-0.2, -0.15) is 26.3 Å². The third-order valence-corrected chi connectivity index (χ3v) is 5.07. The van der Waals surface area contributed by atoms with Crippen molar-refractivity contribution in [3.05, 3.63) is 53.7 Å². The molecule has 6 nitrogen and oxygen atoms in total. The number of pyridine rings is 1. The largest absolute Gasteiger partial charge is 0.455 e. The van der Waals surface area contributed by atoms with Crippen LogP contribution in [0.15, 0.2) is 42.6 Å². The zero-order chi connectivity index (χ0) is 24.2. The van der Waals surface area contributed by atoms with Crippen LogP contribution in [0.1, 0.15) is 24.0 Å². The fourth-order valence-electron chi connectivity index (χ4n) is 3.28. The minimum absolute atomic E-state index is 0.126. The van der Waals surface area contributed by atoms with Crippen LogP contribution in [0.4, 0.5) is 37.8 Å². The molecule has 33 heavy (non-hydrogen) atoms. The molecule has 2 aromatic rings. The summed E-state index contributed by atoms with van der Waals surface area (Å²) >= 11 is 0. The second kappa shape index (κ2) is 9.67. The van der Waals surface area contributed by atoms with Crippen LogP contribution in [0.3, 0.4) is 0 Å². The highest BCUT2D eigenvalue weighted by Gasteiger charge is 2.32. The Morgan fingerprint density at radius 1 is 0.939 bits per heavy atom. The summed E-state index contributed by atoms with van der Waals surface area (Å²) in [5.41, 5.74) is -1.58. The molecule has 12 heteroatoms. The standard InChI is InChI=1S/C21H19F6N3O3/c22-20(23,24)14-1-4-16(5-2-14)29-18(31)12-33-19(32)13-7-9-30(10-8-13)17-6-3-15(11-28-17)21(25,26)27/h1-6,11,13H,7-10,12H2,(H,29,31). The number of halogens is 6. The Morgan fingerprint density at radius 2 is 1.52 bits per heavy atom. The van der Waals surface area contributed by atoms with Crippen molar-refractivity contribution >= 4 is 23.4 Å². The molecule has 178 valence electrons. The highest BCUT2D eigenvalue weighted by atomic mass is 19.4. The van der Waals surface area contributed by atoms with Crippen LogP contribution in [0.2, 0.25) is 0 Å². The van der Waals surface area contributed by atoms with Gasteiger partial charge in [-0.25, -0.2) is 4.98 Å². The lowest BCUT2D eigenvalue weighted by Gasteiger charge is -2.31. The van der Waals surface area contributed by atoms with Crippen LogP contribution < -0.4 is 10.2 Å². The minimum Gasteiger partial charge on any atom is -0.455 e. The van der Waals surface area contributed by atoms with E-state index in [1.807, 2.05) is 0 Å². The predicted octanol–water partition coefficient (Wildman–Crippen LogP) is 4.52. The number of hydrogen-bond donors (Lipinski definition) is 1. The number of alkyl halides is 6. The second-order valence-electron chi connectivity index (χ2n) is 7.40. The number of carbonyl (C=O) groups excluding carboxylic acids is 2. The van der Waals surface area contributed by atoms with Crippen molar-refractivity contribution < 1.29 is 40.7 Å². The Hall–Kier alpha value is -3.31. The fourth-order valence-corrected chi connectivity index (χ4v) is 3.28. The number of ether oxygens (including phenoxy) is 1. The van der Waals surface area contributed by atoms with Gasteiger partial charge < -0.3 is 15.0 Å². The van der Waals surface area contributed by atoms with E-state index in [2.05, 4.69) is 10.3 Å². The number of rotatable bonds is 5. The molecule has 0 aliphatic carbocycles. The van der Waals surface area contributed by atoms with Gasteiger partial charge in [0.25, 0.3) is 5.91 Å². The van der Waals surface area contributed by atoms with E-state index < -0.39 is 47.9 Å². The van der Waals surface area contributed by atoms with E-state index >= 15 is 0 Å². The van der Waals surface area contributed by atoms with Crippen molar-refractivity contribution in [3.63, 3.8) is 0 Å². The predicted molar refractivity (Wildman–Crippen MR) is 105 cm³/mol. The van der Waals surface area contributed by atoms with Crippen molar-refractivity contribution in [2.24, 2.45) is 5.92 Å². The Labute approximate surface area is 184 Å². The number of aromatic nitrogens is 1. The summed E-state index contributed by atoms with van der Waals surface area (Å²) in [7, 11) is 0. The van der Waals surface area contributed by atoms with Gasteiger partial charge in [0.05, 0.1) is 17.0 Å². The molecule has 1 aromatic carbocycles. The van der Waals surface area contributed by atoms with E-state index in [1.54, 1.807) is 4.90 Å². The molecule has 0 spiro atoms. The SMILES string of the molecule is O=C(COC(=O)C1CCN(c2ccc(C(F)(F)F)cn2)CC1)Nc1ccc(C(F)(F)F)cc1. The molecular weight excluding hydrogens is 456 g/mol. The smallest absolute Gasteiger partial charge is 0.417 e. The number of carbonyl (C=O) groups is 2. The lowest BCUT2D eigenvalue weighted by molar-refractivity contribution is -0.152. The second-order valence-corrected chi connectivity index (χ2v) is 7.40. The maximum atomic E-state index is 12.6. The third-order valence-electron chi connectivity index (χ3n) is 5.07. The zero-order valence-electron chi connectivity index (χ0n) is 17.0. The first-order valence-corrected chi connectivity index (χ1v) is 9.85. The molecule has 0 bridgehead atoms. The first-order valence-electron chi connectivity index (χ1n) is 9.85. The molecule has 1 N–H and O–H groups in total. The molecule has 3 rings (SSSR count). The van der Waals surface area contributed by atoms with Crippen molar-refractivity contribution in [1.82, 2.24) is 4.98 Å². The van der Waals surface area contributed by atoms with Gasteiger partial charge in [0, 0.05) is 25.0 Å². The summed E-state index contributed by atoms with van der Waals surface area (Å²) < 4.78 is 80.6. The number of esters is 1. The summed E-state index contributed by atoms with van der Waals surface area (Å²) in [6.45, 7) is 0.145. The topological polar surface area (TPSA) is 71.5 Å². The molecule has 1 amide bonds. The summed E-state index contributed by atoms with van der Waals surface area (Å²) in [5.74, 6) is -1.42. The maximum Gasteiger partial charge on any atom is 0.417 e.